The van der Waals surface area contributed by atoms with E-state index in [0.29, 0.717) is 39.5 Å². The van der Waals surface area contributed by atoms with Crippen molar-refractivity contribution in [3.8, 4) is 0 Å². The Morgan fingerprint density at radius 2 is 1.96 bits per heavy atom. The standard InChI is InChI=1S/C19H21Cl2N5O.ClH/c20-14-7-6-13(8-15(14)21)9-22-19-24-16-10-23-26(17(16)18(27)25-19)11-12-4-2-1-3-5-12;/h6-8,10,12H,1-5,9,11H2,(H2,22,24,25,27);1H. The largest absolute Gasteiger partial charge is 0.352 e. The summed E-state index contributed by atoms with van der Waals surface area (Å²) in [5.41, 5.74) is 1.91. The Kier molecular flexibility index (Phi) is 6.86. The summed E-state index contributed by atoms with van der Waals surface area (Å²) in [6.07, 6.45) is 7.92. The minimum Gasteiger partial charge on any atom is -0.352 e. The average Bonchev–Trinajstić information content (AvgIpc) is 3.07. The van der Waals surface area contributed by atoms with Crippen molar-refractivity contribution in [1.82, 2.24) is 19.7 Å². The number of aromatic amines is 1. The van der Waals surface area contributed by atoms with E-state index in [9.17, 15) is 4.79 Å². The third kappa shape index (κ3) is 4.62. The summed E-state index contributed by atoms with van der Waals surface area (Å²) >= 11 is 12.0. The molecule has 0 unspecified atom stereocenters. The van der Waals surface area contributed by atoms with Crippen LogP contribution in [-0.2, 0) is 13.1 Å². The number of halogens is 3. The second kappa shape index (κ2) is 9.16. The van der Waals surface area contributed by atoms with Crippen LogP contribution in [0.3, 0.4) is 0 Å². The number of hydrogen-bond donors (Lipinski definition) is 2. The van der Waals surface area contributed by atoms with Crippen molar-refractivity contribution >= 4 is 52.6 Å². The van der Waals surface area contributed by atoms with Crippen LogP contribution in [0.1, 0.15) is 37.7 Å². The van der Waals surface area contributed by atoms with Crippen LogP contribution >= 0.6 is 35.6 Å². The van der Waals surface area contributed by atoms with E-state index in [-0.39, 0.29) is 18.0 Å². The third-order valence-corrected chi connectivity index (χ3v) is 5.84. The molecule has 2 aromatic heterocycles. The van der Waals surface area contributed by atoms with Gasteiger partial charge >= 0.3 is 0 Å². The first kappa shape index (κ1) is 21.0. The van der Waals surface area contributed by atoms with Crippen molar-refractivity contribution in [2.45, 2.75) is 45.2 Å². The number of rotatable bonds is 5. The van der Waals surface area contributed by atoms with Gasteiger partial charge in [-0.1, -0.05) is 48.5 Å². The zero-order valence-electron chi connectivity index (χ0n) is 15.3. The topological polar surface area (TPSA) is 75.6 Å². The first-order chi connectivity index (χ1) is 13.1. The number of fused-ring (bicyclic) bond motifs is 1. The summed E-state index contributed by atoms with van der Waals surface area (Å²) in [6, 6.07) is 5.41. The van der Waals surface area contributed by atoms with Gasteiger partial charge < -0.3 is 5.32 Å². The fraction of sp³-hybridized carbons (Fsp3) is 0.421. The Morgan fingerprint density at radius 3 is 2.71 bits per heavy atom. The number of anilines is 1. The molecule has 1 fully saturated rings. The first-order valence-electron chi connectivity index (χ1n) is 9.24. The maximum atomic E-state index is 12.6. The Bertz CT molecular complexity index is 1010. The third-order valence-electron chi connectivity index (χ3n) is 5.10. The van der Waals surface area contributed by atoms with Gasteiger partial charge in [-0.05, 0) is 36.5 Å². The van der Waals surface area contributed by atoms with E-state index in [2.05, 4.69) is 20.4 Å². The summed E-state index contributed by atoms with van der Waals surface area (Å²) < 4.78 is 1.81. The Hall–Kier alpha value is -1.76. The van der Waals surface area contributed by atoms with Crippen LogP contribution in [0.5, 0.6) is 0 Å². The number of aromatic nitrogens is 4. The van der Waals surface area contributed by atoms with Crippen LogP contribution < -0.4 is 10.9 Å². The fourth-order valence-electron chi connectivity index (χ4n) is 3.68. The minimum atomic E-state index is -0.176. The zero-order chi connectivity index (χ0) is 18.8. The van der Waals surface area contributed by atoms with Crippen molar-refractivity contribution in [3.63, 3.8) is 0 Å². The number of benzene rings is 1. The molecule has 0 amide bonds. The van der Waals surface area contributed by atoms with Gasteiger partial charge in [-0.2, -0.15) is 5.10 Å². The molecule has 6 nitrogen and oxygen atoms in total. The van der Waals surface area contributed by atoms with Crippen LogP contribution in [0.25, 0.3) is 11.0 Å². The highest BCUT2D eigenvalue weighted by atomic mass is 35.5. The predicted molar refractivity (Wildman–Crippen MR) is 116 cm³/mol. The maximum Gasteiger partial charge on any atom is 0.278 e. The molecule has 9 heteroatoms. The van der Waals surface area contributed by atoms with Gasteiger partial charge in [-0.15, -0.1) is 12.4 Å². The van der Waals surface area contributed by atoms with E-state index < -0.39 is 0 Å². The molecule has 0 spiro atoms. The monoisotopic (exact) mass is 441 g/mol. The van der Waals surface area contributed by atoms with E-state index >= 15 is 0 Å². The molecular weight excluding hydrogens is 421 g/mol. The quantitative estimate of drug-likeness (QED) is 0.580. The lowest BCUT2D eigenvalue weighted by atomic mass is 9.89. The zero-order valence-corrected chi connectivity index (χ0v) is 17.6. The molecule has 1 aliphatic rings. The van der Waals surface area contributed by atoms with Crippen LogP contribution in [0, 0.1) is 5.92 Å². The van der Waals surface area contributed by atoms with Gasteiger partial charge in [0.25, 0.3) is 5.56 Å². The smallest absolute Gasteiger partial charge is 0.278 e. The van der Waals surface area contributed by atoms with Gasteiger partial charge in [-0.3, -0.25) is 14.5 Å². The average molecular weight is 443 g/mol. The molecule has 2 N–H and O–H groups in total. The number of nitrogens with one attached hydrogen (secondary N) is 2. The Labute approximate surface area is 179 Å². The Morgan fingerprint density at radius 1 is 1.18 bits per heavy atom. The lowest BCUT2D eigenvalue weighted by Gasteiger charge is -2.21. The van der Waals surface area contributed by atoms with Gasteiger partial charge in [0.05, 0.1) is 16.2 Å². The first-order valence-corrected chi connectivity index (χ1v) is 9.99. The number of hydrogen-bond acceptors (Lipinski definition) is 4. The van der Waals surface area contributed by atoms with Gasteiger partial charge in [0.15, 0.2) is 5.52 Å². The molecule has 1 aliphatic carbocycles. The van der Waals surface area contributed by atoms with E-state index in [4.69, 9.17) is 23.2 Å². The van der Waals surface area contributed by atoms with Crippen molar-refractivity contribution in [3.05, 3.63) is 50.4 Å². The van der Waals surface area contributed by atoms with Gasteiger partial charge in [0, 0.05) is 13.1 Å². The maximum absolute atomic E-state index is 12.6. The van der Waals surface area contributed by atoms with E-state index in [0.717, 1.165) is 12.1 Å². The van der Waals surface area contributed by atoms with Crippen molar-refractivity contribution in [1.29, 1.82) is 0 Å². The molecule has 0 atom stereocenters. The normalized spacial score (nSPS) is 14.8. The van der Waals surface area contributed by atoms with Crippen LogP contribution in [0.4, 0.5) is 5.95 Å². The molecule has 0 saturated heterocycles. The fourth-order valence-corrected chi connectivity index (χ4v) is 4.00. The molecule has 1 saturated carbocycles. The van der Waals surface area contributed by atoms with Crippen LogP contribution in [-0.4, -0.2) is 19.7 Å². The highest BCUT2D eigenvalue weighted by Crippen LogP contribution is 2.26. The molecule has 0 bridgehead atoms. The van der Waals surface area contributed by atoms with Crippen molar-refractivity contribution < 1.29 is 0 Å². The molecule has 1 aromatic carbocycles. The highest BCUT2D eigenvalue weighted by molar-refractivity contribution is 6.42. The van der Waals surface area contributed by atoms with Crippen LogP contribution in [0.15, 0.2) is 29.2 Å². The lowest BCUT2D eigenvalue weighted by Crippen LogP contribution is -2.20. The summed E-state index contributed by atoms with van der Waals surface area (Å²) in [7, 11) is 0. The van der Waals surface area contributed by atoms with Gasteiger partial charge in [-0.25, -0.2) is 4.98 Å². The highest BCUT2D eigenvalue weighted by Gasteiger charge is 2.17. The van der Waals surface area contributed by atoms with Gasteiger partial charge in [0.2, 0.25) is 5.95 Å². The second-order valence-corrected chi connectivity index (χ2v) is 7.90. The predicted octanol–water partition coefficient (Wildman–Crippen LogP) is 5.04. The summed E-state index contributed by atoms with van der Waals surface area (Å²) in [5, 5.41) is 8.54. The van der Waals surface area contributed by atoms with E-state index in [1.54, 1.807) is 23.0 Å². The summed E-state index contributed by atoms with van der Waals surface area (Å²) in [4.78, 5) is 19.9. The molecular formula is C19H22Cl3N5O. The van der Waals surface area contributed by atoms with Gasteiger partial charge in [0.1, 0.15) is 5.52 Å². The number of H-pyrrole nitrogens is 1. The molecule has 0 radical (unpaired) electrons. The van der Waals surface area contributed by atoms with Crippen molar-refractivity contribution in [2.75, 3.05) is 5.32 Å². The molecule has 28 heavy (non-hydrogen) atoms. The molecule has 0 aliphatic heterocycles. The SMILES string of the molecule is Cl.O=c1[nH]c(NCc2ccc(Cl)c(Cl)c2)nc2cnn(CC3CCCCC3)c12. The van der Waals surface area contributed by atoms with Crippen molar-refractivity contribution in [2.24, 2.45) is 5.92 Å². The van der Waals surface area contributed by atoms with Crippen LogP contribution in [0.2, 0.25) is 10.0 Å². The Balaban J connectivity index is 0.00000225. The lowest BCUT2D eigenvalue weighted by molar-refractivity contribution is 0.311. The van der Waals surface area contributed by atoms with E-state index in [1.807, 2.05) is 6.07 Å². The number of nitrogens with zero attached hydrogens (tertiary/aromatic N) is 3. The molecule has 2 heterocycles. The summed E-state index contributed by atoms with van der Waals surface area (Å²) in [5.74, 6) is 1.00. The minimum absolute atomic E-state index is 0. The van der Waals surface area contributed by atoms with E-state index in [1.165, 1.54) is 32.1 Å². The summed E-state index contributed by atoms with van der Waals surface area (Å²) in [6.45, 7) is 1.26. The molecule has 4 rings (SSSR count). The molecule has 3 aromatic rings. The second-order valence-electron chi connectivity index (χ2n) is 7.08. The molecule has 150 valence electrons.